The van der Waals surface area contributed by atoms with Crippen molar-refractivity contribution in [2.24, 2.45) is 10.6 Å². The van der Waals surface area contributed by atoms with Crippen molar-refractivity contribution in [1.82, 2.24) is 0 Å². The van der Waals surface area contributed by atoms with E-state index in [9.17, 15) is 0 Å². The first-order valence-corrected chi connectivity index (χ1v) is 13.3. The summed E-state index contributed by atoms with van der Waals surface area (Å²) in [6.45, 7) is 10.2. The lowest BCUT2D eigenvalue weighted by atomic mass is 9.43. The summed E-state index contributed by atoms with van der Waals surface area (Å²) in [5.74, 6) is 1.87. The van der Waals surface area contributed by atoms with Gasteiger partial charge in [-0.15, -0.1) is 0 Å². The maximum Gasteiger partial charge on any atom is 0.216 e. The van der Waals surface area contributed by atoms with Gasteiger partial charge >= 0.3 is 0 Å². The van der Waals surface area contributed by atoms with Crippen LogP contribution in [0.15, 0.2) is 47.1 Å². The standard InChI is InChI=1S/C30H37N3O2/c1-7-10-11-14-32(5)20-12-13-22-23-16-21(34-6)17-25-26(23)33-27(24(22)15-20)31-35-28(33)30(9-3)19(4)18-29(25,30)8-2/h12-13,15-18,28H,7-11,14H2,1-6H3. The van der Waals surface area contributed by atoms with Gasteiger partial charge in [0.05, 0.1) is 18.2 Å². The van der Waals surface area contributed by atoms with Gasteiger partial charge in [0.15, 0.2) is 5.84 Å². The first-order chi connectivity index (χ1) is 17.0. The van der Waals surface area contributed by atoms with E-state index in [1.54, 1.807) is 7.11 Å². The third-order valence-electron chi connectivity index (χ3n) is 9.31. The molecule has 3 unspecified atom stereocenters. The van der Waals surface area contributed by atoms with Crippen LogP contribution in [0.1, 0.15) is 70.9 Å². The number of anilines is 2. The zero-order valence-corrected chi connectivity index (χ0v) is 21.9. The highest BCUT2D eigenvalue weighted by Gasteiger charge is 2.69. The van der Waals surface area contributed by atoms with Crippen LogP contribution in [-0.2, 0) is 10.3 Å². The van der Waals surface area contributed by atoms with E-state index in [-0.39, 0.29) is 17.1 Å². The van der Waals surface area contributed by atoms with Gasteiger partial charge in [0.2, 0.25) is 6.23 Å². The predicted octanol–water partition coefficient (Wildman–Crippen LogP) is 6.84. The van der Waals surface area contributed by atoms with Crippen LogP contribution in [0.2, 0.25) is 0 Å². The molecule has 3 aliphatic heterocycles. The molecule has 0 amide bonds. The zero-order chi connectivity index (χ0) is 24.5. The Labute approximate surface area is 209 Å². The highest BCUT2D eigenvalue weighted by molar-refractivity contribution is 6.21. The van der Waals surface area contributed by atoms with Crippen LogP contribution in [0.5, 0.6) is 5.75 Å². The molecule has 184 valence electrons. The van der Waals surface area contributed by atoms with Crippen LogP contribution in [0, 0.1) is 5.41 Å². The molecule has 0 saturated carbocycles. The highest BCUT2D eigenvalue weighted by Crippen LogP contribution is 2.70. The number of hydrogen-bond acceptors (Lipinski definition) is 5. The van der Waals surface area contributed by atoms with Crippen LogP contribution < -0.4 is 14.5 Å². The maximum absolute atomic E-state index is 6.40. The molecule has 2 aromatic rings. The summed E-state index contributed by atoms with van der Waals surface area (Å²) >= 11 is 0. The molecule has 5 heteroatoms. The minimum Gasteiger partial charge on any atom is -0.497 e. The molecule has 0 saturated heterocycles. The fraction of sp³-hybridized carbons (Fsp3) is 0.500. The normalized spacial score (nSPS) is 26.6. The van der Waals surface area contributed by atoms with Crippen molar-refractivity contribution in [2.75, 3.05) is 30.5 Å². The highest BCUT2D eigenvalue weighted by atomic mass is 16.7. The van der Waals surface area contributed by atoms with Gasteiger partial charge in [-0.05, 0) is 61.6 Å². The summed E-state index contributed by atoms with van der Waals surface area (Å²) in [6.07, 6.45) is 8.08. The third kappa shape index (κ3) is 2.62. The Bertz CT molecular complexity index is 1260. The topological polar surface area (TPSA) is 37.3 Å². The quantitative estimate of drug-likeness (QED) is 0.312. The number of amidine groups is 1. The molecule has 0 spiro atoms. The number of oxime groups is 1. The molecule has 3 heterocycles. The average Bonchev–Trinajstić information content (AvgIpc) is 3.32. The minimum absolute atomic E-state index is 0.0759. The predicted molar refractivity (Wildman–Crippen MR) is 144 cm³/mol. The molecule has 0 N–H and O–H groups in total. The van der Waals surface area contributed by atoms with Crippen LogP contribution in [-0.4, -0.2) is 32.8 Å². The van der Waals surface area contributed by atoms with Gasteiger partial charge in [-0.25, -0.2) is 0 Å². The maximum atomic E-state index is 6.40. The van der Waals surface area contributed by atoms with Gasteiger partial charge in [0, 0.05) is 35.8 Å². The molecular weight excluding hydrogens is 434 g/mol. The summed E-state index contributed by atoms with van der Waals surface area (Å²) in [4.78, 5) is 11.2. The summed E-state index contributed by atoms with van der Waals surface area (Å²) < 4.78 is 5.86. The smallest absolute Gasteiger partial charge is 0.216 e. The SMILES string of the molecule is CCCCCN(C)c1ccc2c(c1)C1=NOC3N1c1c-2cc(OC)cc1C1(CC)C=C(C)C31CC. The number of unbranched alkanes of at least 4 members (excludes halogenated alkanes) is 2. The van der Waals surface area contributed by atoms with Crippen LogP contribution in [0.25, 0.3) is 11.1 Å². The molecule has 35 heavy (non-hydrogen) atoms. The van der Waals surface area contributed by atoms with Gasteiger partial charge in [-0.1, -0.05) is 56.5 Å². The van der Waals surface area contributed by atoms with Gasteiger partial charge in [0.1, 0.15) is 5.75 Å². The number of hydrogen-bond donors (Lipinski definition) is 0. The van der Waals surface area contributed by atoms with E-state index in [0.717, 1.165) is 36.5 Å². The Morgan fingerprint density at radius 2 is 1.89 bits per heavy atom. The van der Waals surface area contributed by atoms with Gasteiger partial charge < -0.3 is 14.5 Å². The number of benzene rings is 2. The van der Waals surface area contributed by atoms with E-state index in [2.05, 4.69) is 81.0 Å². The summed E-state index contributed by atoms with van der Waals surface area (Å²) in [6, 6.07) is 11.3. The van der Waals surface area contributed by atoms with Gasteiger partial charge in [-0.3, -0.25) is 4.90 Å². The third-order valence-corrected chi connectivity index (χ3v) is 9.31. The largest absolute Gasteiger partial charge is 0.497 e. The molecule has 6 rings (SSSR count). The number of ether oxygens (including phenoxy) is 1. The number of rotatable bonds is 8. The lowest BCUT2D eigenvalue weighted by Gasteiger charge is -2.64. The van der Waals surface area contributed by atoms with Crippen LogP contribution in [0.3, 0.4) is 0 Å². The van der Waals surface area contributed by atoms with Crippen LogP contribution in [0.4, 0.5) is 11.4 Å². The van der Waals surface area contributed by atoms with Crippen molar-refractivity contribution in [3.05, 3.63) is 53.1 Å². The van der Waals surface area contributed by atoms with E-state index < -0.39 is 0 Å². The minimum atomic E-state index is -0.119. The Morgan fingerprint density at radius 1 is 1.06 bits per heavy atom. The number of allylic oxidation sites excluding steroid dienone is 1. The molecule has 1 aliphatic carbocycles. The van der Waals surface area contributed by atoms with Gasteiger partial charge in [0.25, 0.3) is 0 Å². The second kappa shape index (κ2) is 7.78. The lowest BCUT2D eigenvalue weighted by molar-refractivity contribution is -0.0575. The molecule has 3 atom stereocenters. The molecule has 0 bridgehead atoms. The molecule has 5 nitrogen and oxygen atoms in total. The monoisotopic (exact) mass is 471 g/mol. The number of nitrogens with zero attached hydrogens (tertiary/aromatic N) is 3. The molecular formula is C30H37N3O2. The van der Waals surface area contributed by atoms with Crippen LogP contribution >= 0.6 is 0 Å². The first kappa shape index (κ1) is 22.5. The van der Waals surface area contributed by atoms with E-state index in [1.807, 2.05) is 0 Å². The Morgan fingerprint density at radius 3 is 2.57 bits per heavy atom. The van der Waals surface area contributed by atoms with E-state index in [1.165, 1.54) is 52.9 Å². The van der Waals surface area contributed by atoms with E-state index in [4.69, 9.17) is 14.7 Å². The summed E-state index contributed by atoms with van der Waals surface area (Å²) in [5.41, 5.74) is 8.63. The Hall–Kier alpha value is -2.95. The van der Waals surface area contributed by atoms with Crippen molar-refractivity contribution in [3.8, 4) is 16.9 Å². The van der Waals surface area contributed by atoms with Crippen molar-refractivity contribution < 1.29 is 9.57 Å². The van der Waals surface area contributed by atoms with Crippen molar-refractivity contribution >= 4 is 17.2 Å². The second-order valence-corrected chi connectivity index (χ2v) is 10.6. The molecule has 4 aliphatic rings. The Kier molecular flexibility index (Phi) is 5.00. The molecule has 0 fully saturated rings. The van der Waals surface area contributed by atoms with Crippen molar-refractivity contribution in [2.45, 2.75) is 71.4 Å². The van der Waals surface area contributed by atoms with Gasteiger partial charge in [-0.2, -0.15) is 0 Å². The van der Waals surface area contributed by atoms with Crippen molar-refractivity contribution in [3.63, 3.8) is 0 Å². The van der Waals surface area contributed by atoms with Crippen molar-refractivity contribution in [1.29, 1.82) is 0 Å². The summed E-state index contributed by atoms with van der Waals surface area (Å²) in [7, 11) is 3.97. The fourth-order valence-corrected chi connectivity index (χ4v) is 7.47. The van der Waals surface area contributed by atoms with E-state index >= 15 is 0 Å². The number of fused-ring (bicyclic) bond motifs is 6. The Balaban J connectivity index is 1.57. The molecule has 0 radical (unpaired) electrons. The molecule has 0 aromatic heterocycles. The summed E-state index contributed by atoms with van der Waals surface area (Å²) in [5, 5.41) is 4.78. The zero-order valence-electron chi connectivity index (χ0n) is 21.9. The second-order valence-electron chi connectivity index (χ2n) is 10.6. The average molecular weight is 472 g/mol. The number of methoxy groups -OCH3 is 1. The lowest BCUT2D eigenvalue weighted by Crippen LogP contribution is -2.67. The first-order valence-electron chi connectivity index (χ1n) is 13.3. The fourth-order valence-electron chi connectivity index (χ4n) is 7.47. The molecule has 2 aromatic carbocycles. The van der Waals surface area contributed by atoms with E-state index in [0.29, 0.717) is 0 Å².